The highest BCUT2D eigenvalue weighted by Gasteiger charge is 2.13. The number of aliphatic hydroxyl groups excluding tert-OH is 1. The first kappa shape index (κ1) is 11.4. The number of aromatic nitrogens is 2. The van der Waals surface area contributed by atoms with E-state index >= 15 is 0 Å². The molecule has 0 amide bonds. The predicted octanol–water partition coefficient (Wildman–Crippen LogP) is 3.15. The SMILES string of the molecule is CC[C@@H](C)n1c(CO)nc2cc(Cl)ccc21. The molecule has 1 atom stereocenters. The van der Waals surface area contributed by atoms with E-state index in [1.165, 1.54) is 0 Å². The molecule has 0 radical (unpaired) electrons. The van der Waals surface area contributed by atoms with E-state index in [0.29, 0.717) is 16.9 Å². The first-order valence-electron chi connectivity index (χ1n) is 5.44. The van der Waals surface area contributed by atoms with Crippen LogP contribution in [0.1, 0.15) is 32.1 Å². The average molecular weight is 239 g/mol. The van der Waals surface area contributed by atoms with Crippen molar-refractivity contribution in [2.75, 3.05) is 0 Å². The van der Waals surface area contributed by atoms with E-state index in [4.69, 9.17) is 11.6 Å². The number of rotatable bonds is 3. The minimum atomic E-state index is -0.0450. The first-order valence-corrected chi connectivity index (χ1v) is 5.82. The number of hydrogen-bond acceptors (Lipinski definition) is 2. The zero-order valence-electron chi connectivity index (χ0n) is 9.44. The van der Waals surface area contributed by atoms with Crippen molar-refractivity contribution in [3.05, 3.63) is 29.0 Å². The number of imidazole rings is 1. The molecule has 0 bridgehead atoms. The highest BCUT2D eigenvalue weighted by molar-refractivity contribution is 6.31. The van der Waals surface area contributed by atoms with Crippen molar-refractivity contribution in [3.63, 3.8) is 0 Å². The number of nitrogens with zero attached hydrogens (tertiary/aromatic N) is 2. The van der Waals surface area contributed by atoms with Gasteiger partial charge in [-0.15, -0.1) is 0 Å². The van der Waals surface area contributed by atoms with Gasteiger partial charge in [0.1, 0.15) is 12.4 Å². The van der Waals surface area contributed by atoms with Crippen LogP contribution in [0.5, 0.6) is 0 Å². The fourth-order valence-corrected chi connectivity index (χ4v) is 2.07. The molecule has 16 heavy (non-hydrogen) atoms. The summed E-state index contributed by atoms with van der Waals surface area (Å²) in [5.41, 5.74) is 1.87. The van der Waals surface area contributed by atoms with Crippen LogP contribution in [0.2, 0.25) is 5.02 Å². The van der Waals surface area contributed by atoms with E-state index in [1.54, 1.807) is 0 Å². The standard InChI is InChI=1S/C12H15ClN2O/c1-3-8(2)15-11-5-4-9(13)6-10(11)14-12(15)7-16/h4-6,8,16H,3,7H2,1-2H3/t8-/m1/s1. The van der Waals surface area contributed by atoms with Crippen molar-refractivity contribution in [1.82, 2.24) is 9.55 Å². The van der Waals surface area contributed by atoms with E-state index in [1.807, 2.05) is 18.2 Å². The molecule has 1 N–H and O–H groups in total. The second-order valence-corrected chi connectivity index (χ2v) is 4.38. The van der Waals surface area contributed by atoms with Gasteiger partial charge in [-0.1, -0.05) is 18.5 Å². The second kappa shape index (κ2) is 4.44. The number of halogens is 1. The summed E-state index contributed by atoms with van der Waals surface area (Å²) >= 11 is 5.93. The molecule has 0 saturated heterocycles. The summed E-state index contributed by atoms with van der Waals surface area (Å²) in [6.07, 6.45) is 1.00. The molecule has 0 aliphatic heterocycles. The molecule has 1 aromatic heterocycles. The first-order chi connectivity index (χ1) is 7.67. The number of benzene rings is 1. The third-order valence-corrected chi connectivity index (χ3v) is 3.13. The van der Waals surface area contributed by atoms with Crippen LogP contribution in [0.15, 0.2) is 18.2 Å². The third kappa shape index (κ3) is 1.81. The molecule has 0 unspecified atom stereocenters. The lowest BCUT2D eigenvalue weighted by Crippen LogP contribution is -2.08. The average Bonchev–Trinajstić information content (AvgIpc) is 2.65. The Morgan fingerprint density at radius 2 is 2.25 bits per heavy atom. The Morgan fingerprint density at radius 3 is 2.88 bits per heavy atom. The Bertz CT molecular complexity index is 507. The van der Waals surface area contributed by atoms with E-state index in [2.05, 4.69) is 23.4 Å². The molecular formula is C12H15ClN2O. The van der Waals surface area contributed by atoms with Gasteiger partial charge in [-0.2, -0.15) is 0 Å². The molecule has 0 spiro atoms. The highest BCUT2D eigenvalue weighted by atomic mass is 35.5. The second-order valence-electron chi connectivity index (χ2n) is 3.95. The summed E-state index contributed by atoms with van der Waals surface area (Å²) in [5.74, 6) is 0.701. The van der Waals surface area contributed by atoms with Crippen LogP contribution in [0, 0.1) is 0 Å². The Morgan fingerprint density at radius 1 is 1.50 bits per heavy atom. The summed E-state index contributed by atoms with van der Waals surface area (Å²) < 4.78 is 2.08. The quantitative estimate of drug-likeness (QED) is 0.892. The van der Waals surface area contributed by atoms with Gasteiger partial charge < -0.3 is 9.67 Å². The van der Waals surface area contributed by atoms with Crippen LogP contribution >= 0.6 is 11.6 Å². The molecule has 1 aromatic carbocycles. The summed E-state index contributed by atoms with van der Waals surface area (Å²) in [7, 11) is 0. The minimum Gasteiger partial charge on any atom is -0.388 e. The van der Waals surface area contributed by atoms with E-state index in [9.17, 15) is 5.11 Å². The molecule has 4 heteroatoms. The maximum absolute atomic E-state index is 9.32. The zero-order chi connectivity index (χ0) is 11.7. The smallest absolute Gasteiger partial charge is 0.135 e. The monoisotopic (exact) mass is 238 g/mol. The number of hydrogen-bond donors (Lipinski definition) is 1. The maximum Gasteiger partial charge on any atom is 0.135 e. The van der Waals surface area contributed by atoms with Crippen LogP contribution in [0.25, 0.3) is 11.0 Å². The van der Waals surface area contributed by atoms with E-state index in [0.717, 1.165) is 17.5 Å². The maximum atomic E-state index is 9.32. The molecule has 0 aliphatic rings. The van der Waals surface area contributed by atoms with Gasteiger partial charge in [-0.05, 0) is 31.5 Å². The van der Waals surface area contributed by atoms with E-state index < -0.39 is 0 Å². The molecule has 0 aliphatic carbocycles. The van der Waals surface area contributed by atoms with Gasteiger partial charge in [0.15, 0.2) is 0 Å². The molecule has 3 nitrogen and oxygen atoms in total. The largest absolute Gasteiger partial charge is 0.388 e. The Balaban J connectivity index is 2.68. The van der Waals surface area contributed by atoms with Crippen molar-refractivity contribution in [3.8, 4) is 0 Å². The van der Waals surface area contributed by atoms with Gasteiger partial charge in [-0.25, -0.2) is 4.98 Å². The molecule has 2 aromatic rings. The van der Waals surface area contributed by atoms with Gasteiger partial charge in [0.2, 0.25) is 0 Å². The normalized spacial score (nSPS) is 13.2. The van der Waals surface area contributed by atoms with Crippen LogP contribution in [-0.2, 0) is 6.61 Å². The molecule has 1 heterocycles. The van der Waals surface area contributed by atoms with Gasteiger partial charge in [0.25, 0.3) is 0 Å². The minimum absolute atomic E-state index is 0.0450. The summed E-state index contributed by atoms with van der Waals surface area (Å²) in [6.45, 7) is 4.19. The Labute approximate surface area is 99.7 Å². The number of aliphatic hydroxyl groups is 1. The topological polar surface area (TPSA) is 38.0 Å². The summed E-state index contributed by atoms with van der Waals surface area (Å²) in [6, 6.07) is 5.96. The zero-order valence-corrected chi connectivity index (χ0v) is 10.2. The van der Waals surface area contributed by atoms with Crippen molar-refractivity contribution in [2.45, 2.75) is 32.9 Å². The van der Waals surface area contributed by atoms with Crippen molar-refractivity contribution >= 4 is 22.6 Å². The Hall–Kier alpha value is -1.06. The van der Waals surface area contributed by atoms with Gasteiger partial charge in [-0.3, -0.25) is 0 Å². The fraction of sp³-hybridized carbons (Fsp3) is 0.417. The van der Waals surface area contributed by atoms with Crippen LogP contribution in [0.3, 0.4) is 0 Å². The lowest BCUT2D eigenvalue weighted by Gasteiger charge is -2.14. The highest BCUT2D eigenvalue weighted by Crippen LogP contribution is 2.25. The lowest BCUT2D eigenvalue weighted by atomic mass is 10.2. The lowest BCUT2D eigenvalue weighted by molar-refractivity contribution is 0.262. The molecule has 0 fully saturated rings. The number of fused-ring (bicyclic) bond motifs is 1. The fourth-order valence-electron chi connectivity index (χ4n) is 1.91. The van der Waals surface area contributed by atoms with Gasteiger partial charge in [0, 0.05) is 11.1 Å². The summed E-state index contributed by atoms with van der Waals surface area (Å²) in [4.78, 5) is 4.39. The van der Waals surface area contributed by atoms with Gasteiger partial charge >= 0.3 is 0 Å². The summed E-state index contributed by atoms with van der Waals surface area (Å²) in [5, 5.41) is 9.99. The third-order valence-electron chi connectivity index (χ3n) is 2.90. The Kier molecular flexibility index (Phi) is 3.17. The van der Waals surface area contributed by atoms with Gasteiger partial charge in [0.05, 0.1) is 11.0 Å². The van der Waals surface area contributed by atoms with Crippen LogP contribution < -0.4 is 0 Å². The van der Waals surface area contributed by atoms with Crippen LogP contribution in [0.4, 0.5) is 0 Å². The van der Waals surface area contributed by atoms with Crippen molar-refractivity contribution in [2.24, 2.45) is 0 Å². The molecule has 86 valence electrons. The van der Waals surface area contributed by atoms with E-state index in [-0.39, 0.29) is 6.61 Å². The van der Waals surface area contributed by atoms with Crippen molar-refractivity contribution < 1.29 is 5.11 Å². The van der Waals surface area contributed by atoms with Crippen LogP contribution in [-0.4, -0.2) is 14.7 Å². The predicted molar refractivity (Wildman–Crippen MR) is 65.7 cm³/mol. The molecular weight excluding hydrogens is 224 g/mol. The van der Waals surface area contributed by atoms with Crippen molar-refractivity contribution in [1.29, 1.82) is 0 Å². The molecule has 0 saturated carbocycles. The molecule has 2 rings (SSSR count).